The zero-order valence-electron chi connectivity index (χ0n) is 13.1. The number of carbonyl (C=O) groups excluding carboxylic acids is 1. The molecule has 1 amide bonds. The molecule has 1 heterocycles. The summed E-state index contributed by atoms with van der Waals surface area (Å²) in [7, 11) is 0. The van der Waals surface area contributed by atoms with E-state index in [2.05, 4.69) is 36.4 Å². The minimum Gasteiger partial charge on any atom is -0.339 e. The predicted molar refractivity (Wildman–Crippen MR) is 98.8 cm³/mol. The lowest BCUT2D eigenvalue weighted by Crippen LogP contribution is -2.44. The number of fused-ring (bicyclic) bond motifs is 2. The minimum atomic E-state index is 0.0266. The Morgan fingerprint density at radius 2 is 1.75 bits per heavy atom. The molecule has 0 atom stereocenters. The van der Waals surface area contributed by atoms with Crippen LogP contribution >= 0.6 is 23.2 Å². The average Bonchev–Trinajstić information content (AvgIpc) is 2.96. The normalized spacial score (nSPS) is 18.0. The molecular weight excluding hydrogens is 341 g/mol. The van der Waals surface area contributed by atoms with Crippen molar-refractivity contribution in [3.8, 4) is 0 Å². The zero-order chi connectivity index (χ0) is 16.7. The molecule has 2 aliphatic rings. The highest BCUT2D eigenvalue weighted by molar-refractivity contribution is 6.42. The molecule has 1 spiro atoms. The Balaban J connectivity index is 1.52. The van der Waals surface area contributed by atoms with E-state index in [0.717, 1.165) is 25.9 Å². The largest absolute Gasteiger partial charge is 0.339 e. The molecule has 4 heteroatoms. The number of nitrogens with zero attached hydrogens (tertiary/aromatic N) is 1. The first kappa shape index (κ1) is 15.7. The van der Waals surface area contributed by atoms with E-state index in [4.69, 9.17) is 23.2 Å². The molecule has 1 aliphatic carbocycles. The maximum atomic E-state index is 12.7. The molecule has 0 unspecified atom stereocenters. The van der Waals surface area contributed by atoms with E-state index in [0.29, 0.717) is 15.6 Å². The first-order valence-corrected chi connectivity index (χ1v) is 8.88. The molecule has 1 saturated heterocycles. The van der Waals surface area contributed by atoms with E-state index in [1.807, 2.05) is 4.90 Å². The molecular formula is C20H17Cl2NO. The summed E-state index contributed by atoms with van der Waals surface area (Å²) in [5, 5.41) is 0.891. The quantitative estimate of drug-likeness (QED) is 0.687. The molecule has 0 saturated carbocycles. The molecule has 4 rings (SSSR count). The first-order valence-electron chi connectivity index (χ1n) is 8.12. The maximum Gasteiger partial charge on any atom is 0.253 e. The van der Waals surface area contributed by atoms with Gasteiger partial charge in [-0.15, -0.1) is 0 Å². The summed E-state index contributed by atoms with van der Waals surface area (Å²) >= 11 is 12.0. The van der Waals surface area contributed by atoms with Crippen LogP contribution in [-0.2, 0) is 5.41 Å². The minimum absolute atomic E-state index is 0.0266. The second-order valence-corrected chi connectivity index (χ2v) is 7.31. The van der Waals surface area contributed by atoms with Crippen LogP contribution in [0.25, 0.3) is 6.08 Å². The van der Waals surface area contributed by atoms with Crippen molar-refractivity contribution in [2.75, 3.05) is 13.1 Å². The van der Waals surface area contributed by atoms with E-state index < -0.39 is 0 Å². The summed E-state index contributed by atoms with van der Waals surface area (Å²) in [6, 6.07) is 13.6. The van der Waals surface area contributed by atoms with Crippen molar-refractivity contribution in [2.45, 2.75) is 18.3 Å². The Labute approximate surface area is 151 Å². The second kappa shape index (κ2) is 5.94. The number of carbonyl (C=O) groups is 1. The molecule has 0 radical (unpaired) electrons. The third-order valence-electron chi connectivity index (χ3n) is 5.19. The molecule has 0 bridgehead atoms. The smallest absolute Gasteiger partial charge is 0.253 e. The Morgan fingerprint density at radius 3 is 2.50 bits per heavy atom. The summed E-state index contributed by atoms with van der Waals surface area (Å²) < 4.78 is 0. The SMILES string of the molecule is O=C(c1ccc(Cl)c(Cl)c1)N1CCC2(C=Cc3ccccc32)CC1. The fourth-order valence-electron chi connectivity index (χ4n) is 3.79. The monoisotopic (exact) mass is 357 g/mol. The van der Waals surface area contributed by atoms with E-state index in [1.165, 1.54) is 11.1 Å². The number of hydrogen-bond donors (Lipinski definition) is 0. The standard InChI is InChI=1S/C20H17Cl2NO/c21-17-6-5-15(13-18(17)22)19(24)23-11-9-20(10-12-23)8-7-14-3-1-2-4-16(14)20/h1-8,13H,9-12H2. The Bertz CT molecular complexity index is 835. The van der Waals surface area contributed by atoms with E-state index in [-0.39, 0.29) is 11.3 Å². The van der Waals surface area contributed by atoms with E-state index in [1.54, 1.807) is 18.2 Å². The number of likely N-dealkylation sites (tertiary alicyclic amines) is 1. The molecule has 2 nitrogen and oxygen atoms in total. The van der Waals surface area contributed by atoms with Crippen LogP contribution in [0, 0.1) is 0 Å². The average molecular weight is 358 g/mol. The number of rotatable bonds is 1. The molecule has 2 aromatic rings. The lowest BCUT2D eigenvalue weighted by molar-refractivity contribution is 0.0690. The van der Waals surface area contributed by atoms with Crippen molar-refractivity contribution >= 4 is 35.2 Å². The Kier molecular flexibility index (Phi) is 3.90. The summed E-state index contributed by atoms with van der Waals surface area (Å²) in [5.74, 6) is 0.0266. The summed E-state index contributed by atoms with van der Waals surface area (Å²) in [6.45, 7) is 1.50. The van der Waals surface area contributed by atoms with Crippen molar-refractivity contribution in [3.63, 3.8) is 0 Å². The summed E-state index contributed by atoms with van der Waals surface area (Å²) in [4.78, 5) is 14.6. The molecule has 24 heavy (non-hydrogen) atoms. The van der Waals surface area contributed by atoms with Crippen LogP contribution in [0.5, 0.6) is 0 Å². The zero-order valence-corrected chi connectivity index (χ0v) is 14.6. The number of allylic oxidation sites excluding steroid dienone is 1. The lowest BCUT2D eigenvalue weighted by Gasteiger charge is -2.39. The summed E-state index contributed by atoms with van der Waals surface area (Å²) in [5.41, 5.74) is 3.39. The predicted octanol–water partition coefficient (Wildman–Crippen LogP) is 5.19. The van der Waals surface area contributed by atoms with Gasteiger partial charge in [-0.25, -0.2) is 0 Å². The van der Waals surface area contributed by atoms with Gasteiger partial charge in [-0.05, 0) is 42.2 Å². The van der Waals surface area contributed by atoms with Gasteiger partial charge < -0.3 is 4.90 Å². The molecule has 2 aromatic carbocycles. The Hall–Kier alpha value is -1.77. The van der Waals surface area contributed by atoms with Gasteiger partial charge in [0.25, 0.3) is 5.91 Å². The molecule has 0 aromatic heterocycles. The molecule has 1 aliphatic heterocycles. The first-order chi connectivity index (χ1) is 11.6. The highest BCUT2D eigenvalue weighted by Gasteiger charge is 2.38. The van der Waals surface area contributed by atoms with Gasteiger partial charge >= 0.3 is 0 Å². The van der Waals surface area contributed by atoms with Crippen molar-refractivity contribution in [3.05, 3.63) is 75.3 Å². The lowest BCUT2D eigenvalue weighted by atomic mass is 9.74. The van der Waals surface area contributed by atoms with Gasteiger partial charge in [0, 0.05) is 24.1 Å². The van der Waals surface area contributed by atoms with E-state index in [9.17, 15) is 4.79 Å². The number of amides is 1. The van der Waals surface area contributed by atoms with Gasteiger partial charge in [0.05, 0.1) is 10.0 Å². The van der Waals surface area contributed by atoms with Crippen LogP contribution in [0.15, 0.2) is 48.5 Å². The van der Waals surface area contributed by atoms with Crippen LogP contribution < -0.4 is 0 Å². The van der Waals surface area contributed by atoms with Crippen LogP contribution in [0.2, 0.25) is 10.0 Å². The highest BCUT2D eigenvalue weighted by Crippen LogP contribution is 2.43. The van der Waals surface area contributed by atoms with Crippen molar-refractivity contribution < 1.29 is 4.79 Å². The van der Waals surface area contributed by atoms with Crippen molar-refractivity contribution in [2.24, 2.45) is 0 Å². The molecule has 0 N–H and O–H groups in total. The third-order valence-corrected chi connectivity index (χ3v) is 5.93. The van der Waals surface area contributed by atoms with Crippen LogP contribution in [-0.4, -0.2) is 23.9 Å². The summed E-state index contributed by atoms with van der Waals surface area (Å²) in [6.07, 6.45) is 6.44. The Morgan fingerprint density at radius 1 is 1.00 bits per heavy atom. The van der Waals surface area contributed by atoms with Gasteiger partial charge in [-0.1, -0.05) is 59.6 Å². The number of piperidine rings is 1. The van der Waals surface area contributed by atoms with Gasteiger partial charge in [-0.3, -0.25) is 4.79 Å². The van der Waals surface area contributed by atoms with Crippen molar-refractivity contribution in [1.29, 1.82) is 0 Å². The molecule has 122 valence electrons. The van der Waals surface area contributed by atoms with Gasteiger partial charge in [0.1, 0.15) is 0 Å². The molecule has 1 fully saturated rings. The fourth-order valence-corrected chi connectivity index (χ4v) is 4.09. The topological polar surface area (TPSA) is 20.3 Å². The van der Waals surface area contributed by atoms with Crippen LogP contribution in [0.3, 0.4) is 0 Å². The maximum absolute atomic E-state index is 12.7. The van der Waals surface area contributed by atoms with Crippen molar-refractivity contribution in [1.82, 2.24) is 4.90 Å². The van der Waals surface area contributed by atoms with Gasteiger partial charge in [-0.2, -0.15) is 0 Å². The second-order valence-electron chi connectivity index (χ2n) is 6.50. The number of benzene rings is 2. The van der Waals surface area contributed by atoms with Gasteiger partial charge in [0.2, 0.25) is 0 Å². The third kappa shape index (κ3) is 2.54. The van der Waals surface area contributed by atoms with Gasteiger partial charge in [0.15, 0.2) is 0 Å². The van der Waals surface area contributed by atoms with Crippen LogP contribution in [0.4, 0.5) is 0 Å². The van der Waals surface area contributed by atoms with E-state index >= 15 is 0 Å². The fraction of sp³-hybridized carbons (Fsp3) is 0.250. The highest BCUT2D eigenvalue weighted by atomic mass is 35.5. The number of hydrogen-bond acceptors (Lipinski definition) is 1. The number of halogens is 2. The van der Waals surface area contributed by atoms with Crippen LogP contribution in [0.1, 0.15) is 34.3 Å².